The number of methoxy groups -OCH3 is 2. The zero-order valence-electron chi connectivity index (χ0n) is 13.7. The zero-order chi connectivity index (χ0) is 15.5. The minimum Gasteiger partial charge on any atom is -0.454 e. The summed E-state index contributed by atoms with van der Waals surface area (Å²) in [5.74, 6) is 0.301. The Morgan fingerprint density at radius 2 is 1.80 bits per heavy atom. The van der Waals surface area contributed by atoms with E-state index >= 15 is 0 Å². The van der Waals surface area contributed by atoms with E-state index in [0.717, 1.165) is 0 Å². The van der Waals surface area contributed by atoms with Crippen LogP contribution >= 0.6 is 0 Å². The smallest absolute Gasteiger partial charge is 0.331 e. The maximum absolute atomic E-state index is 11.3. The molecule has 1 rings (SSSR count). The summed E-state index contributed by atoms with van der Waals surface area (Å²) in [4.78, 5) is 11.3. The average Bonchev–Trinajstić information content (AvgIpc) is 2.77. The molecular formula is C16H28O4. The van der Waals surface area contributed by atoms with Crippen molar-refractivity contribution in [2.75, 3.05) is 14.2 Å². The van der Waals surface area contributed by atoms with Crippen molar-refractivity contribution in [3.05, 3.63) is 12.2 Å². The van der Waals surface area contributed by atoms with Crippen LogP contribution in [0.4, 0.5) is 0 Å². The number of hydrogen-bond donors (Lipinski definition) is 0. The van der Waals surface area contributed by atoms with Crippen LogP contribution in [0, 0.1) is 17.3 Å². The molecule has 0 aromatic rings. The van der Waals surface area contributed by atoms with Crippen LogP contribution in [0.15, 0.2) is 12.2 Å². The van der Waals surface area contributed by atoms with Crippen molar-refractivity contribution in [1.29, 1.82) is 0 Å². The highest BCUT2D eigenvalue weighted by Gasteiger charge is 2.45. The standard InChI is InChI=1S/C16H28O4/c1-10(2)14(18-6)11(3)15(19-7)16(4,5)12-8-9-13(17)20-12/h8-12,14-15H,1-7H3/t11-,12+,14+,15+/m0/s1. The molecule has 0 unspecified atom stereocenters. The lowest BCUT2D eigenvalue weighted by Gasteiger charge is -2.42. The van der Waals surface area contributed by atoms with E-state index in [1.165, 1.54) is 6.08 Å². The topological polar surface area (TPSA) is 44.8 Å². The third kappa shape index (κ3) is 3.41. The molecular weight excluding hydrogens is 256 g/mol. The first-order chi connectivity index (χ1) is 9.25. The number of cyclic esters (lactones) is 1. The van der Waals surface area contributed by atoms with Crippen LogP contribution in [0.2, 0.25) is 0 Å². The molecule has 0 fully saturated rings. The Bertz CT molecular complexity index is 359. The van der Waals surface area contributed by atoms with Crippen molar-refractivity contribution in [2.45, 2.75) is 52.9 Å². The normalized spacial score (nSPS) is 23.8. The predicted molar refractivity (Wildman–Crippen MR) is 78.4 cm³/mol. The van der Waals surface area contributed by atoms with Gasteiger partial charge < -0.3 is 14.2 Å². The van der Waals surface area contributed by atoms with Gasteiger partial charge in [-0.2, -0.15) is 0 Å². The second-order valence-electron chi connectivity index (χ2n) is 6.50. The van der Waals surface area contributed by atoms with Crippen LogP contribution in [-0.2, 0) is 19.0 Å². The van der Waals surface area contributed by atoms with Crippen molar-refractivity contribution in [2.24, 2.45) is 17.3 Å². The molecule has 1 aliphatic rings. The predicted octanol–water partition coefficient (Wildman–Crippen LogP) is 2.82. The molecule has 0 radical (unpaired) electrons. The third-order valence-electron chi connectivity index (χ3n) is 4.30. The first-order valence-electron chi connectivity index (χ1n) is 7.20. The largest absolute Gasteiger partial charge is 0.454 e. The highest BCUT2D eigenvalue weighted by molar-refractivity contribution is 5.84. The van der Waals surface area contributed by atoms with E-state index in [1.54, 1.807) is 14.2 Å². The second kappa shape index (κ2) is 6.72. The molecule has 0 N–H and O–H groups in total. The van der Waals surface area contributed by atoms with Gasteiger partial charge in [-0.3, -0.25) is 0 Å². The van der Waals surface area contributed by atoms with Crippen LogP contribution in [-0.4, -0.2) is 38.5 Å². The molecule has 4 atom stereocenters. The lowest BCUT2D eigenvalue weighted by atomic mass is 9.72. The third-order valence-corrected chi connectivity index (χ3v) is 4.30. The molecule has 4 nitrogen and oxygen atoms in total. The summed E-state index contributed by atoms with van der Waals surface area (Å²) in [5.41, 5.74) is -0.317. The van der Waals surface area contributed by atoms with Crippen LogP contribution in [0.5, 0.6) is 0 Å². The molecule has 0 bridgehead atoms. The molecule has 0 aromatic heterocycles. The monoisotopic (exact) mass is 284 g/mol. The van der Waals surface area contributed by atoms with Crippen LogP contribution < -0.4 is 0 Å². The molecule has 1 aliphatic heterocycles. The fourth-order valence-corrected chi connectivity index (χ4v) is 3.39. The number of hydrogen-bond acceptors (Lipinski definition) is 4. The van der Waals surface area contributed by atoms with Gasteiger partial charge in [-0.1, -0.05) is 34.6 Å². The lowest BCUT2D eigenvalue weighted by molar-refractivity contribution is -0.154. The molecule has 0 aliphatic carbocycles. The Balaban J connectivity index is 2.93. The Morgan fingerprint density at radius 1 is 1.20 bits per heavy atom. The average molecular weight is 284 g/mol. The van der Waals surface area contributed by atoms with E-state index in [-0.39, 0.29) is 35.6 Å². The quantitative estimate of drug-likeness (QED) is 0.674. The number of ether oxygens (including phenoxy) is 3. The number of carbonyl (C=O) groups is 1. The van der Waals surface area contributed by atoms with E-state index in [4.69, 9.17) is 14.2 Å². The maximum atomic E-state index is 11.3. The van der Waals surface area contributed by atoms with Gasteiger partial charge in [-0.05, 0) is 12.0 Å². The Morgan fingerprint density at radius 3 is 2.15 bits per heavy atom. The number of rotatable bonds is 7. The molecule has 0 saturated heterocycles. The van der Waals surface area contributed by atoms with Gasteiger partial charge in [0, 0.05) is 31.6 Å². The Labute approximate surface area is 122 Å². The fraction of sp³-hybridized carbons (Fsp3) is 0.812. The SMILES string of the molecule is CO[C@H](C(C)C)[C@H](C)[C@@H](OC)C(C)(C)[C@H]1C=CC(=O)O1. The molecule has 0 amide bonds. The zero-order valence-corrected chi connectivity index (χ0v) is 13.7. The van der Waals surface area contributed by atoms with E-state index in [1.807, 2.05) is 6.08 Å². The molecule has 20 heavy (non-hydrogen) atoms. The highest BCUT2D eigenvalue weighted by Crippen LogP contribution is 2.38. The van der Waals surface area contributed by atoms with Crippen molar-refractivity contribution >= 4 is 5.97 Å². The summed E-state index contributed by atoms with van der Waals surface area (Å²) in [6.07, 6.45) is 3.07. The molecule has 116 valence electrons. The first-order valence-corrected chi connectivity index (χ1v) is 7.20. The van der Waals surface area contributed by atoms with Crippen LogP contribution in [0.1, 0.15) is 34.6 Å². The summed E-state index contributed by atoms with van der Waals surface area (Å²) < 4.78 is 16.7. The van der Waals surface area contributed by atoms with Crippen molar-refractivity contribution in [3.8, 4) is 0 Å². The summed E-state index contributed by atoms with van der Waals surface area (Å²) in [7, 11) is 3.44. The number of carbonyl (C=O) groups excluding carboxylic acids is 1. The minimum absolute atomic E-state index is 0.0737. The molecule has 0 saturated carbocycles. The second-order valence-corrected chi connectivity index (χ2v) is 6.50. The van der Waals surface area contributed by atoms with Gasteiger partial charge in [0.15, 0.2) is 0 Å². The van der Waals surface area contributed by atoms with Crippen molar-refractivity contribution in [3.63, 3.8) is 0 Å². The maximum Gasteiger partial charge on any atom is 0.331 e. The van der Waals surface area contributed by atoms with Gasteiger partial charge in [-0.15, -0.1) is 0 Å². The first kappa shape index (κ1) is 17.2. The van der Waals surface area contributed by atoms with Crippen LogP contribution in [0.25, 0.3) is 0 Å². The Hall–Kier alpha value is -0.870. The number of esters is 1. The van der Waals surface area contributed by atoms with Gasteiger partial charge in [0.25, 0.3) is 0 Å². The lowest BCUT2D eigenvalue weighted by Crippen LogP contribution is -2.49. The van der Waals surface area contributed by atoms with E-state index in [2.05, 4.69) is 34.6 Å². The molecule has 0 aromatic carbocycles. The van der Waals surface area contributed by atoms with E-state index < -0.39 is 0 Å². The van der Waals surface area contributed by atoms with Gasteiger partial charge in [0.1, 0.15) is 6.10 Å². The molecule has 0 spiro atoms. The van der Waals surface area contributed by atoms with Crippen molar-refractivity contribution < 1.29 is 19.0 Å². The summed E-state index contributed by atoms with van der Waals surface area (Å²) in [5, 5.41) is 0. The van der Waals surface area contributed by atoms with Crippen molar-refractivity contribution in [1.82, 2.24) is 0 Å². The fourth-order valence-electron chi connectivity index (χ4n) is 3.39. The summed E-state index contributed by atoms with van der Waals surface area (Å²) >= 11 is 0. The molecule has 4 heteroatoms. The molecule has 1 heterocycles. The van der Waals surface area contributed by atoms with E-state index in [0.29, 0.717) is 5.92 Å². The summed E-state index contributed by atoms with van der Waals surface area (Å²) in [6.45, 7) is 10.5. The van der Waals surface area contributed by atoms with Crippen LogP contribution in [0.3, 0.4) is 0 Å². The minimum atomic E-state index is -0.317. The van der Waals surface area contributed by atoms with Gasteiger partial charge in [-0.25, -0.2) is 4.79 Å². The van der Waals surface area contributed by atoms with Gasteiger partial charge in [0.2, 0.25) is 0 Å². The van der Waals surface area contributed by atoms with Gasteiger partial charge in [0.05, 0.1) is 12.2 Å². The summed E-state index contributed by atoms with van der Waals surface area (Å²) in [6, 6.07) is 0. The van der Waals surface area contributed by atoms with E-state index in [9.17, 15) is 4.79 Å². The Kier molecular flexibility index (Phi) is 5.78. The van der Waals surface area contributed by atoms with Gasteiger partial charge >= 0.3 is 5.97 Å². The highest BCUT2D eigenvalue weighted by atomic mass is 16.6.